The number of carbonyl (C=O) groups is 1. The molecule has 4 heterocycles. The van der Waals surface area contributed by atoms with Gasteiger partial charge in [-0.15, -0.1) is 0 Å². The van der Waals surface area contributed by atoms with Crippen LogP contribution in [0.25, 0.3) is 22.7 Å². The summed E-state index contributed by atoms with van der Waals surface area (Å²) in [6.45, 7) is 1.91. The van der Waals surface area contributed by atoms with Crippen molar-refractivity contribution in [1.29, 1.82) is 0 Å². The molecule has 0 bridgehead atoms. The Kier molecular flexibility index (Phi) is 2.97. The van der Waals surface area contributed by atoms with Crippen molar-refractivity contribution in [3.05, 3.63) is 60.3 Å². The van der Waals surface area contributed by atoms with Crippen LogP contribution in [0.5, 0.6) is 0 Å². The summed E-state index contributed by atoms with van der Waals surface area (Å²) in [5.74, 6) is 0.659. The zero-order chi connectivity index (χ0) is 15.8. The Morgan fingerprint density at radius 2 is 2.09 bits per heavy atom. The van der Waals surface area contributed by atoms with E-state index in [0.717, 1.165) is 28.9 Å². The third-order valence-corrected chi connectivity index (χ3v) is 3.51. The van der Waals surface area contributed by atoms with Gasteiger partial charge in [0.25, 0.3) is 0 Å². The highest BCUT2D eigenvalue weighted by atomic mass is 16.1. The fourth-order valence-corrected chi connectivity index (χ4v) is 2.45. The van der Waals surface area contributed by atoms with Gasteiger partial charge in [0, 0.05) is 17.5 Å². The van der Waals surface area contributed by atoms with Crippen molar-refractivity contribution < 1.29 is 4.79 Å². The van der Waals surface area contributed by atoms with Gasteiger partial charge < -0.3 is 0 Å². The van der Waals surface area contributed by atoms with Gasteiger partial charge in [0.2, 0.25) is 0 Å². The van der Waals surface area contributed by atoms with E-state index in [9.17, 15) is 4.79 Å². The molecular weight excluding hydrogens is 292 g/mol. The molecule has 0 amide bonds. The van der Waals surface area contributed by atoms with E-state index < -0.39 is 0 Å². The highest BCUT2D eigenvalue weighted by molar-refractivity contribution is 5.76. The molecule has 0 saturated carbocycles. The fraction of sp³-hybridized carbons (Fsp3) is 0.0625. The average molecular weight is 304 g/mol. The Morgan fingerprint density at radius 1 is 1.17 bits per heavy atom. The SMILES string of the molecule is Cc1cccc(-n2nc(C=O)cc2-c2ccc3ncnn3c2)n1. The lowest BCUT2D eigenvalue weighted by atomic mass is 10.2. The first-order valence-corrected chi connectivity index (χ1v) is 7.03. The Labute approximate surface area is 131 Å². The largest absolute Gasteiger partial charge is 0.296 e. The molecule has 112 valence electrons. The molecule has 0 radical (unpaired) electrons. The Balaban J connectivity index is 1.93. The van der Waals surface area contributed by atoms with Crippen LogP contribution in [-0.2, 0) is 0 Å². The Bertz CT molecular complexity index is 1020. The number of aryl methyl sites for hydroxylation is 1. The lowest BCUT2D eigenvalue weighted by Gasteiger charge is -2.07. The van der Waals surface area contributed by atoms with Gasteiger partial charge >= 0.3 is 0 Å². The molecule has 0 atom stereocenters. The maximum atomic E-state index is 11.1. The van der Waals surface area contributed by atoms with Crippen LogP contribution in [0.15, 0.2) is 48.9 Å². The van der Waals surface area contributed by atoms with Gasteiger partial charge in [-0.05, 0) is 37.3 Å². The Morgan fingerprint density at radius 3 is 2.91 bits per heavy atom. The summed E-state index contributed by atoms with van der Waals surface area (Å²) >= 11 is 0. The van der Waals surface area contributed by atoms with Gasteiger partial charge in [-0.1, -0.05) is 6.07 Å². The second-order valence-corrected chi connectivity index (χ2v) is 5.10. The average Bonchev–Trinajstić information content (AvgIpc) is 3.20. The summed E-state index contributed by atoms with van der Waals surface area (Å²) in [7, 11) is 0. The summed E-state index contributed by atoms with van der Waals surface area (Å²) in [5, 5.41) is 8.46. The highest BCUT2D eigenvalue weighted by Crippen LogP contribution is 2.23. The standard InChI is InChI=1S/C16H12N6O/c1-11-3-2-4-16(19-11)22-14(7-13(9-23)20-22)12-5-6-15-17-10-18-21(15)8-12/h2-10H,1H3. The summed E-state index contributed by atoms with van der Waals surface area (Å²) in [6, 6.07) is 11.2. The van der Waals surface area contributed by atoms with Gasteiger partial charge in [0.05, 0.1) is 5.69 Å². The highest BCUT2D eigenvalue weighted by Gasteiger charge is 2.13. The molecule has 4 aromatic heterocycles. The molecule has 0 aromatic carbocycles. The molecule has 0 saturated heterocycles. The number of carbonyl (C=O) groups excluding carboxylic acids is 1. The number of hydrogen-bond acceptors (Lipinski definition) is 5. The number of nitrogens with zero attached hydrogens (tertiary/aromatic N) is 6. The predicted molar refractivity (Wildman–Crippen MR) is 83.5 cm³/mol. The molecule has 0 aliphatic heterocycles. The minimum atomic E-state index is 0.349. The van der Waals surface area contributed by atoms with Crippen LogP contribution >= 0.6 is 0 Å². The van der Waals surface area contributed by atoms with E-state index in [4.69, 9.17) is 0 Å². The van der Waals surface area contributed by atoms with Gasteiger partial charge in [-0.25, -0.2) is 19.2 Å². The van der Waals surface area contributed by atoms with E-state index >= 15 is 0 Å². The zero-order valence-electron chi connectivity index (χ0n) is 12.3. The first kappa shape index (κ1) is 13.3. The zero-order valence-corrected chi connectivity index (χ0v) is 12.3. The predicted octanol–water partition coefficient (Wildman–Crippen LogP) is 2.10. The monoisotopic (exact) mass is 304 g/mol. The molecule has 4 rings (SSSR count). The third kappa shape index (κ3) is 2.28. The molecule has 0 spiro atoms. The first-order valence-electron chi connectivity index (χ1n) is 7.03. The van der Waals surface area contributed by atoms with Crippen LogP contribution in [0, 0.1) is 6.92 Å². The van der Waals surface area contributed by atoms with Gasteiger partial charge in [-0.2, -0.15) is 10.2 Å². The van der Waals surface area contributed by atoms with Gasteiger partial charge in [0.15, 0.2) is 17.8 Å². The summed E-state index contributed by atoms with van der Waals surface area (Å²) in [6.07, 6.45) is 4.07. The second kappa shape index (κ2) is 5.13. The molecule has 4 aromatic rings. The third-order valence-electron chi connectivity index (χ3n) is 3.51. The normalized spacial score (nSPS) is 11.0. The second-order valence-electron chi connectivity index (χ2n) is 5.10. The van der Waals surface area contributed by atoms with E-state index in [0.29, 0.717) is 11.5 Å². The molecule has 0 aliphatic rings. The van der Waals surface area contributed by atoms with Crippen molar-refractivity contribution in [2.45, 2.75) is 6.92 Å². The van der Waals surface area contributed by atoms with Crippen LogP contribution < -0.4 is 0 Å². The summed E-state index contributed by atoms with van der Waals surface area (Å²) < 4.78 is 3.34. The molecule has 7 nitrogen and oxygen atoms in total. The summed E-state index contributed by atoms with van der Waals surface area (Å²) in [5.41, 5.74) is 3.61. The Hall–Kier alpha value is -3.35. The number of fused-ring (bicyclic) bond motifs is 1. The van der Waals surface area contributed by atoms with Crippen LogP contribution in [0.1, 0.15) is 16.2 Å². The van der Waals surface area contributed by atoms with E-state index in [1.54, 1.807) is 15.3 Å². The quantitative estimate of drug-likeness (QED) is 0.542. The van der Waals surface area contributed by atoms with Crippen LogP contribution in [-0.4, -0.2) is 35.6 Å². The lowest BCUT2D eigenvalue weighted by Crippen LogP contribution is -2.03. The van der Waals surface area contributed by atoms with E-state index in [2.05, 4.69) is 20.2 Å². The number of hydrogen-bond donors (Lipinski definition) is 0. The van der Waals surface area contributed by atoms with Crippen molar-refractivity contribution in [3.63, 3.8) is 0 Å². The maximum absolute atomic E-state index is 11.1. The summed E-state index contributed by atoms with van der Waals surface area (Å²) in [4.78, 5) is 19.8. The van der Waals surface area contributed by atoms with Crippen LogP contribution in [0.2, 0.25) is 0 Å². The van der Waals surface area contributed by atoms with Gasteiger partial charge in [0.1, 0.15) is 12.0 Å². The van der Waals surface area contributed by atoms with Crippen LogP contribution in [0.4, 0.5) is 0 Å². The number of pyridine rings is 2. The molecule has 0 N–H and O–H groups in total. The fourth-order valence-electron chi connectivity index (χ4n) is 2.45. The van der Waals surface area contributed by atoms with Crippen molar-refractivity contribution >= 4 is 11.9 Å². The first-order chi connectivity index (χ1) is 11.2. The van der Waals surface area contributed by atoms with Crippen LogP contribution in [0.3, 0.4) is 0 Å². The molecule has 0 fully saturated rings. The number of rotatable bonds is 3. The molecule has 0 aliphatic carbocycles. The topological polar surface area (TPSA) is 78.0 Å². The molecular formula is C16H12N6O. The van der Waals surface area contributed by atoms with E-state index in [-0.39, 0.29) is 0 Å². The maximum Gasteiger partial charge on any atom is 0.170 e. The van der Waals surface area contributed by atoms with Crippen molar-refractivity contribution in [3.8, 4) is 17.1 Å². The van der Waals surface area contributed by atoms with Crippen molar-refractivity contribution in [2.24, 2.45) is 0 Å². The lowest BCUT2D eigenvalue weighted by molar-refractivity contribution is 0.111. The minimum Gasteiger partial charge on any atom is -0.296 e. The number of aromatic nitrogens is 6. The minimum absolute atomic E-state index is 0.349. The van der Waals surface area contributed by atoms with E-state index in [1.807, 2.05) is 43.5 Å². The van der Waals surface area contributed by atoms with Gasteiger partial charge in [-0.3, -0.25) is 4.79 Å². The van der Waals surface area contributed by atoms with Crippen molar-refractivity contribution in [2.75, 3.05) is 0 Å². The molecule has 23 heavy (non-hydrogen) atoms. The molecule has 0 unspecified atom stereocenters. The number of aldehydes is 1. The molecule has 7 heteroatoms. The van der Waals surface area contributed by atoms with Crippen molar-refractivity contribution in [1.82, 2.24) is 29.4 Å². The van der Waals surface area contributed by atoms with E-state index in [1.165, 1.54) is 6.33 Å². The smallest absolute Gasteiger partial charge is 0.170 e.